The smallest absolute Gasteiger partial charge is 0.119 e. The second-order valence-electron chi connectivity index (χ2n) is 6.69. The van der Waals surface area contributed by atoms with Crippen molar-refractivity contribution in [1.29, 1.82) is 0 Å². The fourth-order valence-electron chi connectivity index (χ4n) is 3.63. The molecule has 3 rings (SSSR count). The standard InChI is InChI=1S/C18H27NO2/c1-14(19)15-5-7-16(8-6-15)20-13-17-9-12-18(21-17)10-3-2-4-11-18/h5-8,14,17H,2-4,9-13,19H2,1H3/t14-,17?/m1/s1. The van der Waals surface area contributed by atoms with Gasteiger partial charge in [0.05, 0.1) is 11.7 Å². The van der Waals surface area contributed by atoms with Gasteiger partial charge in [-0.25, -0.2) is 0 Å². The highest BCUT2D eigenvalue weighted by Gasteiger charge is 2.40. The van der Waals surface area contributed by atoms with Crippen molar-refractivity contribution in [3.8, 4) is 5.75 Å². The molecule has 1 saturated heterocycles. The third-order valence-electron chi connectivity index (χ3n) is 4.95. The van der Waals surface area contributed by atoms with Crippen molar-refractivity contribution in [2.45, 2.75) is 69.6 Å². The summed E-state index contributed by atoms with van der Waals surface area (Å²) >= 11 is 0. The predicted molar refractivity (Wildman–Crippen MR) is 84.5 cm³/mol. The van der Waals surface area contributed by atoms with E-state index in [1.165, 1.54) is 38.5 Å². The van der Waals surface area contributed by atoms with Crippen molar-refractivity contribution < 1.29 is 9.47 Å². The van der Waals surface area contributed by atoms with Gasteiger partial charge in [-0.1, -0.05) is 31.4 Å². The molecule has 0 amide bonds. The highest BCUT2D eigenvalue weighted by molar-refractivity contribution is 5.28. The van der Waals surface area contributed by atoms with E-state index in [0.29, 0.717) is 6.61 Å². The van der Waals surface area contributed by atoms with Crippen LogP contribution in [0.5, 0.6) is 5.75 Å². The van der Waals surface area contributed by atoms with E-state index in [2.05, 4.69) is 0 Å². The minimum absolute atomic E-state index is 0.0726. The fourth-order valence-corrected chi connectivity index (χ4v) is 3.63. The first-order chi connectivity index (χ1) is 10.2. The normalized spacial score (nSPS) is 25.9. The van der Waals surface area contributed by atoms with Gasteiger partial charge in [-0.15, -0.1) is 0 Å². The maximum atomic E-state index is 6.33. The van der Waals surface area contributed by atoms with Crippen molar-refractivity contribution in [2.75, 3.05) is 6.61 Å². The van der Waals surface area contributed by atoms with Gasteiger partial charge in [-0.2, -0.15) is 0 Å². The molecule has 0 aromatic heterocycles. The Kier molecular flexibility index (Phi) is 4.51. The molecule has 1 aliphatic carbocycles. The molecule has 1 spiro atoms. The Labute approximate surface area is 127 Å². The lowest BCUT2D eigenvalue weighted by atomic mass is 9.83. The van der Waals surface area contributed by atoms with E-state index in [9.17, 15) is 0 Å². The Morgan fingerprint density at radius 1 is 1.19 bits per heavy atom. The second-order valence-corrected chi connectivity index (χ2v) is 6.69. The van der Waals surface area contributed by atoms with E-state index in [0.717, 1.165) is 17.7 Å². The molecule has 116 valence electrons. The Balaban J connectivity index is 1.49. The summed E-state index contributed by atoms with van der Waals surface area (Å²) in [5.74, 6) is 0.910. The summed E-state index contributed by atoms with van der Waals surface area (Å²) in [5, 5.41) is 0. The van der Waals surface area contributed by atoms with Crippen LogP contribution in [0.2, 0.25) is 0 Å². The first kappa shape index (κ1) is 14.9. The summed E-state index contributed by atoms with van der Waals surface area (Å²) in [6.45, 7) is 2.66. The summed E-state index contributed by atoms with van der Waals surface area (Å²) in [7, 11) is 0. The van der Waals surface area contributed by atoms with Crippen LogP contribution in [0, 0.1) is 0 Å². The number of hydrogen-bond donors (Lipinski definition) is 1. The van der Waals surface area contributed by atoms with E-state index in [1.54, 1.807) is 0 Å². The lowest BCUT2D eigenvalue weighted by Crippen LogP contribution is -2.32. The maximum absolute atomic E-state index is 6.33. The van der Waals surface area contributed by atoms with Crippen molar-refractivity contribution in [1.82, 2.24) is 0 Å². The average molecular weight is 289 g/mol. The maximum Gasteiger partial charge on any atom is 0.119 e. The summed E-state index contributed by atoms with van der Waals surface area (Å²) in [4.78, 5) is 0. The molecule has 1 unspecified atom stereocenters. The van der Waals surface area contributed by atoms with Crippen LogP contribution < -0.4 is 10.5 Å². The van der Waals surface area contributed by atoms with E-state index in [1.807, 2.05) is 31.2 Å². The van der Waals surface area contributed by atoms with Crippen LogP contribution >= 0.6 is 0 Å². The minimum atomic E-state index is 0.0726. The van der Waals surface area contributed by atoms with Gasteiger partial charge in [0.15, 0.2) is 0 Å². The summed E-state index contributed by atoms with van der Waals surface area (Å²) in [6, 6.07) is 8.16. The fraction of sp³-hybridized carbons (Fsp3) is 0.667. The van der Waals surface area contributed by atoms with Gasteiger partial charge in [-0.3, -0.25) is 0 Å². The van der Waals surface area contributed by atoms with Gasteiger partial charge in [0, 0.05) is 6.04 Å². The molecule has 3 nitrogen and oxygen atoms in total. The highest BCUT2D eigenvalue weighted by atomic mass is 16.6. The van der Waals surface area contributed by atoms with E-state index in [-0.39, 0.29) is 17.7 Å². The van der Waals surface area contributed by atoms with Crippen molar-refractivity contribution >= 4 is 0 Å². The first-order valence-electron chi connectivity index (χ1n) is 8.33. The molecule has 1 aliphatic heterocycles. The molecule has 2 aliphatic rings. The van der Waals surface area contributed by atoms with Crippen LogP contribution in [-0.2, 0) is 4.74 Å². The minimum Gasteiger partial charge on any atom is -0.491 e. The van der Waals surface area contributed by atoms with Crippen molar-refractivity contribution in [2.24, 2.45) is 5.73 Å². The highest BCUT2D eigenvalue weighted by Crippen LogP contribution is 2.41. The molecule has 1 aromatic rings. The van der Waals surface area contributed by atoms with Crippen LogP contribution in [0.15, 0.2) is 24.3 Å². The molecule has 21 heavy (non-hydrogen) atoms. The molecule has 2 atom stereocenters. The van der Waals surface area contributed by atoms with Crippen molar-refractivity contribution in [3.63, 3.8) is 0 Å². The van der Waals surface area contributed by atoms with Gasteiger partial charge in [-0.05, 0) is 50.3 Å². The SMILES string of the molecule is C[C@@H](N)c1ccc(OCC2CCC3(CCCCC3)O2)cc1. The molecule has 3 heteroatoms. The zero-order chi connectivity index (χ0) is 14.7. The number of rotatable bonds is 4. The van der Waals surface area contributed by atoms with E-state index < -0.39 is 0 Å². The van der Waals surface area contributed by atoms with Gasteiger partial charge in [0.25, 0.3) is 0 Å². The van der Waals surface area contributed by atoms with Gasteiger partial charge in [0.2, 0.25) is 0 Å². The Bertz CT molecular complexity index is 449. The molecule has 1 saturated carbocycles. The molecular formula is C18H27NO2. The lowest BCUT2D eigenvalue weighted by molar-refractivity contribution is -0.0748. The van der Waals surface area contributed by atoms with Crippen molar-refractivity contribution in [3.05, 3.63) is 29.8 Å². The van der Waals surface area contributed by atoms with Crippen LogP contribution in [0.25, 0.3) is 0 Å². The molecule has 2 N–H and O–H groups in total. The molecule has 0 bridgehead atoms. The van der Waals surface area contributed by atoms with Crippen LogP contribution in [0.1, 0.15) is 63.5 Å². The molecule has 1 heterocycles. The number of hydrogen-bond acceptors (Lipinski definition) is 3. The Morgan fingerprint density at radius 3 is 2.57 bits per heavy atom. The molecular weight excluding hydrogens is 262 g/mol. The number of nitrogens with two attached hydrogens (primary N) is 1. The first-order valence-corrected chi connectivity index (χ1v) is 8.33. The zero-order valence-corrected chi connectivity index (χ0v) is 13.0. The quantitative estimate of drug-likeness (QED) is 0.912. The van der Waals surface area contributed by atoms with Gasteiger partial charge < -0.3 is 15.2 Å². The number of ether oxygens (including phenoxy) is 2. The van der Waals surface area contributed by atoms with Crippen LogP contribution in [-0.4, -0.2) is 18.3 Å². The molecule has 1 aromatic carbocycles. The van der Waals surface area contributed by atoms with Gasteiger partial charge >= 0.3 is 0 Å². The topological polar surface area (TPSA) is 44.5 Å². The number of benzene rings is 1. The average Bonchev–Trinajstić information content (AvgIpc) is 2.89. The van der Waals surface area contributed by atoms with Gasteiger partial charge in [0.1, 0.15) is 12.4 Å². The lowest BCUT2D eigenvalue weighted by Gasteiger charge is -2.33. The summed E-state index contributed by atoms with van der Waals surface area (Å²) in [5.41, 5.74) is 7.18. The van der Waals surface area contributed by atoms with E-state index in [4.69, 9.17) is 15.2 Å². The largest absolute Gasteiger partial charge is 0.491 e. The molecule has 2 fully saturated rings. The third kappa shape index (κ3) is 3.58. The monoisotopic (exact) mass is 289 g/mol. The van der Waals surface area contributed by atoms with Crippen LogP contribution in [0.4, 0.5) is 0 Å². The molecule has 0 radical (unpaired) electrons. The summed E-state index contributed by atoms with van der Waals surface area (Å²) < 4.78 is 12.2. The van der Waals surface area contributed by atoms with E-state index >= 15 is 0 Å². The summed E-state index contributed by atoms with van der Waals surface area (Å²) in [6.07, 6.45) is 9.12. The third-order valence-corrected chi connectivity index (χ3v) is 4.95. The van der Waals surface area contributed by atoms with Crippen LogP contribution in [0.3, 0.4) is 0 Å². The Morgan fingerprint density at radius 2 is 1.90 bits per heavy atom. The zero-order valence-electron chi connectivity index (χ0n) is 13.0. The predicted octanol–water partition coefficient (Wildman–Crippen LogP) is 3.97. The Hall–Kier alpha value is -1.06. The second kappa shape index (κ2) is 6.37.